The van der Waals surface area contributed by atoms with Gasteiger partial charge in [-0.2, -0.15) is 0 Å². The molecule has 4 saturated carbocycles. The number of aliphatic hydroxyl groups is 6. The number of phenolic OH excluding ortho intramolecular Hbond substituents is 3. The Labute approximate surface area is 670 Å². The highest BCUT2D eigenvalue weighted by molar-refractivity contribution is 6.32. The van der Waals surface area contributed by atoms with Gasteiger partial charge in [-0.1, -0.05) is 50.6 Å². The molecule has 618 valence electrons. The highest BCUT2D eigenvalue weighted by Gasteiger charge is 2.51. The summed E-state index contributed by atoms with van der Waals surface area (Å²) in [6, 6.07) is 5.57. The lowest BCUT2D eigenvalue weighted by Crippen LogP contribution is -2.60. The van der Waals surface area contributed by atoms with Gasteiger partial charge in [0.25, 0.3) is 0 Å². The Kier molecular flexibility index (Phi) is 25.2. The fourth-order valence-electron chi connectivity index (χ4n) is 16.7. The van der Waals surface area contributed by atoms with Crippen LogP contribution in [0.15, 0.2) is 103 Å². The summed E-state index contributed by atoms with van der Waals surface area (Å²) in [6.45, 7) is 7.73. The Hall–Kier alpha value is -10.9. The standard InChI is InChI=1S/C81H94ClN11O23/c1-6-84-17-18-112-46-12-10-44(11-13-46)85-81(111)87-59(98)32-51-74(105)89-63-43-28-56(113-54-15-8-39(20-35(54)4)67(99)65(78(109)86-51)92-73(104)50(83-5)19-34(2)3)72(116-80-71(103)70(102)69(101)58(33-94)115-80)57(29-43)114-55-16-9-40(27-49(55)82)68(100)66-79(110)91-64(77(108)88-61-41-22-36-21-37(24-41)25-42(61)23-36)48-30-45(95)31-53(97)60(48)47-26-38(7-14-52(47)96)62(75(106)93-66)90-76(63)107/h7-16,20,26-31,34,36-37,41-42,50-51,58,61-71,80,83-84,94-97,99-103H,6,17-19,21-25,32-33H2,1-5H3,(H,86,109)(H,88,108)(H,89,105)(H,90,107)(H,91,110)(H,92,104)(H,93,106)(H2,85,87,98,111)/t36?,37?,41?,42?,50-,51+,58-,61?,62-,63-,64+,65-,66+,67-,68-,69-,70+,71-,80+/m1/s1. The van der Waals surface area contributed by atoms with Gasteiger partial charge in [0, 0.05) is 35.5 Å². The molecule has 34 nitrogen and oxygen atoms in total. The molecule has 6 aromatic carbocycles. The SMILES string of the molecule is CCNCCOc1ccc(NC(=O)NC(=O)C[C@@H]2NC(=O)[C@H](NC(=O)[C@@H](CC(C)C)NC)[C@H](O)c3ccc(c(C)c3)Oc3cc4cc(c3O[C@@H]3O[C@H](CO)[C@@H](O)[C@H](O)[C@H]3O)Oc3ccc(cc3Cl)[C@@H](O)[C@@H]3NC(=O)[C@H](NC(=O)[C@@H]4NC2=O)c2ccc(O)c(c2)-c2c(O)cc(O)cc2[C@@H](C(=O)NC2C4CC5CC(C4)CC2C5)NC3=O)cc1. The zero-order valence-corrected chi connectivity index (χ0v) is 64.5. The topological polar surface area (TPSA) is 514 Å². The van der Waals surface area contributed by atoms with E-state index in [0.29, 0.717) is 37.3 Å². The van der Waals surface area contributed by atoms with Gasteiger partial charge in [0.15, 0.2) is 11.5 Å². The van der Waals surface area contributed by atoms with Gasteiger partial charge in [0.2, 0.25) is 59.3 Å². The van der Waals surface area contributed by atoms with E-state index in [1.807, 2.05) is 20.8 Å². The van der Waals surface area contributed by atoms with Crippen molar-refractivity contribution in [3.8, 4) is 62.9 Å². The van der Waals surface area contributed by atoms with E-state index in [0.717, 1.165) is 80.6 Å². The normalized spacial score (nSPS) is 27.7. The molecule has 0 aromatic heterocycles. The largest absolute Gasteiger partial charge is 0.508 e. The number of nitrogens with one attached hydrogen (secondary N) is 11. The van der Waals surface area contributed by atoms with Crippen molar-refractivity contribution in [3.63, 3.8) is 0 Å². The van der Waals surface area contributed by atoms with E-state index in [2.05, 4.69) is 58.5 Å². The van der Waals surface area contributed by atoms with Crippen LogP contribution in [0.3, 0.4) is 0 Å². The van der Waals surface area contributed by atoms with Gasteiger partial charge in [0.1, 0.15) is 114 Å². The van der Waals surface area contributed by atoms with Crippen LogP contribution >= 0.6 is 11.6 Å². The first-order valence-corrected chi connectivity index (χ1v) is 38.8. The van der Waals surface area contributed by atoms with Gasteiger partial charge in [-0.3, -0.25) is 43.7 Å². The molecule has 14 atom stereocenters. The molecule has 116 heavy (non-hydrogen) atoms. The minimum absolute atomic E-state index is 0.0534. The van der Waals surface area contributed by atoms with Crippen LogP contribution in [0.1, 0.15) is 129 Å². The summed E-state index contributed by atoms with van der Waals surface area (Å²) >= 11 is 7.17. The zero-order valence-electron chi connectivity index (χ0n) is 63.8. The number of anilines is 1. The first-order valence-electron chi connectivity index (χ1n) is 38.4. The van der Waals surface area contributed by atoms with Gasteiger partial charge in [-0.25, -0.2) is 4.79 Å². The van der Waals surface area contributed by atoms with Crippen molar-refractivity contribution < 1.29 is 113 Å². The van der Waals surface area contributed by atoms with E-state index in [-0.39, 0.29) is 91.4 Å². The number of rotatable bonds is 18. The number of aliphatic hydroxyl groups excluding tert-OH is 6. The number of carbonyl (C=O) groups is 9. The number of hydrogen-bond acceptors (Lipinski definition) is 25. The van der Waals surface area contributed by atoms with E-state index in [1.165, 1.54) is 56.4 Å². The Morgan fingerprint density at radius 1 is 0.647 bits per heavy atom. The molecule has 10 aliphatic rings. The molecule has 6 aromatic rings. The van der Waals surface area contributed by atoms with Crippen LogP contribution in [0.25, 0.3) is 11.1 Å². The Morgan fingerprint density at radius 3 is 1.95 bits per heavy atom. The number of benzene rings is 6. The molecule has 6 aliphatic heterocycles. The van der Waals surface area contributed by atoms with Crippen molar-refractivity contribution in [2.75, 3.05) is 38.7 Å². The van der Waals surface area contributed by atoms with Crippen LogP contribution in [0, 0.1) is 36.5 Å². The van der Waals surface area contributed by atoms with Gasteiger partial charge in [0.05, 0.1) is 24.1 Å². The maximum absolute atomic E-state index is 16.4. The fraction of sp³-hybridized carbons (Fsp3) is 0.444. The van der Waals surface area contributed by atoms with Crippen molar-refractivity contribution in [1.29, 1.82) is 0 Å². The van der Waals surface area contributed by atoms with E-state index in [4.69, 9.17) is 35.3 Å². The average molecular weight is 1630 g/mol. The zero-order chi connectivity index (χ0) is 82.8. The molecule has 1 saturated heterocycles. The number of urea groups is 1. The molecule has 15 bridgehead atoms. The summed E-state index contributed by atoms with van der Waals surface area (Å²) in [7, 11) is 1.49. The Bertz CT molecular complexity index is 4740. The van der Waals surface area contributed by atoms with Crippen molar-refractivity contribution in [1.82, 2.24) is 53.2 Å². The van der Waals surface area contributed by atoms with Crippen LogP contribution in [0.5, 0.6) is 51.7 Å². The second-order valence-electron chi connectivity index (χ2n) is 30.9. The summed E-state index contributed by atoms with van der Waals surface area (Å²) < 4.78 is 31.4. The molecule has 0 radical (unpaired) electrons. The van der Waals surface area contributed by atoms with Crippen molar-refractivity contribution in [2.45, 2.75) is 164 Å². The number of fused-ring (bicyclic) bond motifs is 15. The fourth-order valence-corrected chi connectivity index (χ4v) is 16.9. The van der Waals surface area contributed by atoms with Crippen LogP contribution in [0.4, 0.5) is 10.5 Å². The highest BCUT2D eigenvalue weighted by Crippen LogP contribution is 2.55. The molecule has 0 spiro atoms. The lowest BCUT2D eigenvalue weighted by molar-refractivity contribution is -0.277. The third-order valence-electron chi connectivity index (χ3n) is 22.3. The first-order chi connectivity index (χ1) is 55.4. The maximum Gasteiger partial charge on any atom is 0.325 e. The molecule has 5 fully saturated rings. The number of carbonyl (C=O) groups excluding carboxylic acids is 9. The number of phenols is 3. The molecule has 16 rings (SSSR count). The molecule has 10 amide bonds. The molecule has 4 aliphatic carbocycles. The number of ether oxygens (including phenoxy) is 5. The third-order valence-corrected chi connectivity index (χ3v) is 22.6. The molecule has 35 heteroatoms. The highest BCUT2D eigenvalue weighted by atomic mass is 35.5. The Balaban J connectivity index is 0.980. The van der Waals surface area contributed by atoms with E-state index < -0.39 is 192 Å². The number of likely N-dealkylation sites (N-methyl/N-ethyl adjacent to an activating group) is 2. The predicted molar refractivity (Wildman–Crippen MR) is 412 cm³/mol. The molecule has 20 N–H and O–H groups in total. The van der Waals surface area contributed by atoms with Gasteiger partial charge < -0.3 is 123 Å². The monoisotopic (exact) mass is 1620 g/mol. The van der Waals surface area contributed by atoms with Crippen molar-refractivity contribution in [3.05, 3.63) is 142 Å². The summed E-state index contributed by atoms with van der Waals surface area (Å²) in [5, 5.41) is 134. The van der Waals surface area contributed by atoms with Crippen molar-refractivity contribution >= 4 is 70.6 Å². The lowest BCUT2D eigenvalue weighted by Gasteiger charge is -2.54. The number of aromatic hydroxyl groups is 3. The molecule has 6 heterocycles. The molecular formula is C81H94ClN11O23. The van der Waals surface area contributed by atoms with Gasteiger partial charge >= 0.3 is 6.03 Å². The number of hydrogen-bond donors (Lipinski definition) is 20. The maximum atomic E-state index is 16.4. The minimum Gasteiger partial charge on any atom is -0.508 e. The lowest BCUT2D eigenvalue weighted by atomic mass is 9.54. The quantitative estimate of drug-likeness (QED) is 0.0549. The minimum atomic E-state index is -2.36. The predicted octanol–water partition coefficient (Wildman–Crippen LogP) is 3.23. The average Bonchev–Trinajstić information content (AvgIpc) is 0.757. The number of halogens is 1. The van der Waals surface area contributed by atoms with Crippen LogP contribution in [-0.2, 0) is 43.1 Å². The number of aryl methyl sites for hydroxylation is 1. The third kappa shape index (κ3) is 18.0. The summed E-state index contributed by atoms with van der Waals surface area (Å²) in [5.41, 5.74) is -1.68. The van der Waals surface area contributed by atoms with Gasteiger partial charge in [-0.15, -0.1) is 0 Å². The van der Waals surface area contributed by atoms with Crippen LogP contribution in [0.2, 0.25) is 5.02 Å². The Morgan fingerprint density at radius 2 is 1.29 bits per heavy atom. The van der Waals surface area contributed by atoms with E-state index in [9.17, 15) is 60.3 Å². The van der Waals surface area contributed by atoms with Crippen LogP contribution in [-0.4, -0.2) is 194 Å². The van der Waals surface area contributed by atoms with Gasteiger partial charge in [-0.05, 0) is 201 Å². The number of imide groups is 1. The van der Waals surface area contributed by atoms with E-state index in [1.54, 1.807) is 12.1 Å². The summed E-state index contributed by atoms with van der Waals surface area (Å²) in [6.07, 6.45) is -10.6. The molecular weight excluding hydrogens is 1530 g/mol. The number of amides is 10. The summed E-state index contributed by atoms with van der Waals surface area (Å²) in [4.78, 5) is 137. The first kappa shape index (κ1) is 83.0. The second kappa shape index (κ2) is 35.3. The van der Waals surface area contributed by atoms with Crippen LogP contribution < -0.4 is 77.4 Å². The smallest absolute Gasteiger partial charge is 0.325 e. The van der Waals surface area contributed by atoms with Crippen molar-refractivity contribution in [2.24, 2.45) is 29.6 Å². The second-order valence-corrected chi connectivity index (χ2v) is 31.3. The van der Waals surface area contributed by atoms with E-state index >= 15 is 28.8 Å². The molecule has 0 unspecified atom stereocenters. The summed E-state index contributed by atoms with van der Waals surface area (Å²) in [5.74, 6) is -12.5.